The molecule has 0 spiro atoms. The Labute approximate surface area is 88.9 Å². The Balaban J connectivity index is 1.95. The van der Waals surface area contributed by atoms with Gasteiger partial charge in [-0.2, -0.15) is 0 Å². The third kappa shape index (κ3) is 2.46. The van der Waals surface area contributed by atoms with E-state index in [4.69, 9.17) is 5.73 Å². The second kappa shape index (κ2) is 3.53. The van der Waals surface area contributed by atoms with Gasteiger partial charge < -0.3 is 11.1 Å². The molecular formula is C11H15N3O. The van der Waals surface area contributed by atoms with E-state index in [9.17, 15) is 4.79 Å². The van der Waals surface area contributed by atoms with Crippen molar-refractivity contribution in [3.05, 3.63) is 23.9 Å². The summed E-state index contributed by atoms with van der Waals surface area (Å²) in [6, 6.07) is 3.26. The Hall–Kier alpha value is -1.58. The summed E-state index contributed by atoms with van der Waals surface area (Å²) in [5.41, 5.74) is 6.40. The highest BCUT2D eigenvalue weighted by Crippen LogP contribution is 2.44. The molecule has 0 atom stereocenters. The van der Waals surface area contributed by atoms with Gasteiger partial charge in [-0.15, -0.1) is 0 Å². The zero-order chi connectivity index (χ0) is 10.9. The van der Waals surface area contributed by atoms with Crippen molar-refractivity contribution in [2.24, 2.45) is 5.41 Å². The molecule has 1 aliphatic rings. The number of hydrogen-bond acceptors (Lipinski definition) is 3. The van der Waals surface area contributed by atoms with Crippen molar-refractivity contribution < 1.29 is 4.79 Å². The molecule has 0 unspecified atom stereocenters. The smallest absolute Gasteiger partial charge is 0.251 e. The van der Waals surface area contributed by atoms with Crippen LogP contribution in [-0.4, -0.2) is 17.4 Å². The molecule has 0 aromatic carbocycles. The summed E-state index contributed by atoms with van der Waals surface area (Å²) < 4.78 is 0. The molecule has 2 rings (SSSR count). The third-order valence-corrected chi connectivity index (χ3v) is 2.82. The van der Waals surface area contributed by atoms with E-state index >= 15 is 0 Å². The maximum Gasteiger partial charge on any atom is 0.251 e. The Morgan fingerprint density at radius 3 is 3.00 bits per heavy atom. The van der Waals surface area contributed by atoms with E-state index in [1.807, 2.05) is 0 Å². The van der Waals surface area contributed by atoms with Gasteiger partial charge in [-0.25, -0.2) is 4.98 Å². The van der Waals surface area contributed by atoms with Gasteiger partial charge in [0.05, 0.1) is 0 Å². The minimum Gasteiger partial charge on any atom is -0.384 e. The fraction of sp³-hybridized carbons (Fsp3) is 0.455. The molecule has 4 nitrogen and oxygen atoms in total. The standard InChI is InChI=1S/C11H15N3O/c1-11(3-4-11)7-14-10(15)8-2-5-13-9(12)6-8/h2,5-6H,3-4,7H2,1H3,(H2,12,13)(H,14,15). The SMILES string of the molecule is CC1(CNC(=O)c2ccnc(N)c2)CC1. The first kappa shape index (κ1) is 9.96. The first-order valence-electron chi connectivity index (χ1n) is 5.09. The Bertz CT molecular complexity index is 385. The average molecular weight is 205 g/mol. The third-order valence-electron chi connectivity index (χ3n) is 2.82. The minimum atomic E-state index is -0.0720. The summed E-state index contributed by atoms with van der Waals surface area (Å²) in [7, 11) is 0. The average Bonchev–Trinajstić information content (AvgIpc) is 2.94. The molecule has 80 valence electrons. The van der Waals surface area contributed by atoms with Crippen LogP contribution in [0, 0.1) is 5.41 Å². The topological polar surface area (TPSA) is 68.0 Å². The van der Waals surface area contributed by atoms with Crippen LogP contribution in [0.5, 0.6) is 0 Å². The molecule has 0 aliphatic heterocycles. The Kier molecular flexibility index (Phi) is 2.34. The second-order valence-electron chi connectivity index (χ2n) is 4.46. The van der Waals surface area contributed by atoms with E-state index in [0.29, 0.717) is 16.8 Å². The lowest BCUT2D eigenvalue weighted by molar-refractivity contribution is 0.0946. The molecule has 1 aromatic rings. The van der Waals surface area contributed by atoms with Gasteiger partial charge in [0.25, 0.3) is 5.91 Å². The van der Waals surface area contributed by atoms with Crippen molar-refractivity contribution >= 4 is 11.7 Å². The predicted molar refractivity (Wildman–Crippen MR) is 58.3 cm³/mol. The molecule has 1 amide bonds. The number of nitrogen functional groups attached to an aromatic ring is 1. The number of aromatic nitrogens is 1. The lowest BCUT2D eigenvalue weighted by Crippen LogP contribution is -2.29. The van der Waals surface area contributed by atoms with Gasteiger partial charge in [-0.05, 0) is 30.4 Å². The number of anilines is 1. The largest absolute Gasteiger partial charge is 0.384 e. The lowest BCUT2D eigenvalue weighted by atomic mass is 10.1. The van der Waals surface area contributed by atoms with Gasteiger partial charge in [0.15, 0.2) is 0 Å². The number of nitrogens with two attached hydrogens (primary N) is 1. The molecule has 0 saturated heterocycles. The number of nitrogens with zero attached hydrogens (tertiary/aromatic N) is 1. The molecule has 1 aliphatic carbocycles. The zero-order valence-corrected chi connectivity index (χ0v) is 8.79. The van der Waals surface area contributed by atoms with Crippen LogP contribution in [-0.2, 0) is 0 Å². The van der Waals surface area contributed by atoms with Crippen molar-refractivity contribution in [3.63, 3.8) is 0 Å². The fourth-order valence-electron chi connectivity index (χ4n) is 1.38. The highest BCUT2D eigenvalue weighted by molar-refractivity contribution is 5.94. The van der Waals surface area contributed by atoms with Crippen molar-refractivity contribution in [2.45, 2.75) is 19.8 Å². The van der Waals surface area contributed by atoms with Crippen molar-refractivity contribution in [1.29, 1.82) is 0 Å². The van der Waals surface area contributed by atoms with Crippen molar-refractivity contribution in [3.8, 4) is 0 Å². The summed E-state index contributed by atoms with van der Waals surface area (Å²) in [6.45, 7) is 2.92. The van der Waals surface area contributed by atoms with E-state index in [-0.39, 0.29) is 5.91 Å². The van der Waals surface area contributed by atoms with Crippen LogP contribution >= 0.6 is 0 Å². The van der Waals surface area contributed by atoms with Crippen LogP contribution in [0.4, 0.5) is 5.82 Å². The van der Waals surface area contributed by atoms with Crippen LogP contribution < -0.4 is 11.1 Å². The zero-order valence-electron chi connectivity index (χ0n) is 8.79. The summed E-state index contributed by atoms with van der Waals surface area (Å²) in [4.78, 5) is 15.5. The highest BCUT2D eigenvalue weighted by atomic mass is 16.1. The molecule has 0 bridgehead atoms. The number of rotatable bonds is 3. The summed E-state index contributed by atoms with van der Waals surface area (Å²) in [5, 5.41) is 2.91. The van der Waals surface area contributed by atoms with Crippen LogP contribution in [0.15, 0.2) is 18.3 Å². The van der Waals surface area contributed by atoms with Gasteiger partial charge in [-0.1, -0.05) is 6.92 Å². The molecule has 1 heterocycles. The quantitative estimate of drug-likeness (QED) is 0.779. The molecule has 1 fully saturated rings. The highest BCUT2D eigenvalue weighted by Gasteiger charge is 2.37. The van der Waals surface area contributed by atoms with Gasteiger partial charge in [0.1, 0.15) is 5.82 Å². The van der Waals surface area contributed by atoms with Crippen molar-refractivity contribution in [1.82, 2.24) is 10.3 Å². The number of carbonyl (C=O) groups is 1. The first-order valence-corrected chi connectivity index (χ1v) is 5.09. The van der Waals surface area contributed by atoms with E-state index in [1.54, 1.807) is 18.3 Å². The van der Waals surface area contributed by atoms with Gasteiger partial charge in [0.2, 0.25) is 0 Å². The molecular weight excluding hydrogens is 190 g/mol. The van der Waals surface area contributed by atoms with E-state index in [1.165, 1.54) is 12.8 Å². The predicted octanol–water partition coefficient (Wildman–Crippen LogP) is 1.19. The number of nitrogens with one attached hydrogen (secondary N) is 1. The normalized spacial score (nSPS) is 17.1. The maximum atomic E-state index is 11.7. The van der Waals surface area contributed by atoms with Gasteiger partial charge in [0, 0.05) is 18.3 Å². The molecule has 4 heteroatoms. The monoisotopic (exact) mass is 205 g/mol. The molecule has 0 radical (unpaired) electrons. The number of amides is 1. The Morgan fingerprint density at radius 1 is 1.67 bits per heavy atom. The number of hydrogen-bond donors (Lipinski definition) is 2. The fourth-order valence-corrected chi connectivity index (χ4v) is 1.38. The van der Waals surface area contributed by atoms with Crippen LogP contribution in [0.1, 0.15) is 30.1 Å². The summed E-state index contributed by atoms with van der Waals surface area (Å²) >= 11 is 0. The summed E-state index contributed by atoms with van der Waals surface area (Å²) in [6.07, 6.45) is 3.95. The first-order chi connectivity index (χ1) is 7.09. The molecule has 1 aromatic heterocycles. The van der Waals surface area contributed by atoms with E-state index in [2.05, 4.69) is 17.2 Å². The van der Waals surface area contributed by atoms with Gasteiger partial charge >= 0.3 is 0 Å². The molecule has 1 saturated carbocycles. The lowest BCUT2D eigenvalue weighted by Gasteiger charge is -2.09. The maximum absolute atomic E-state index is 11.7. The van der Waals surface area contributed by atoms with E-state index < -0.39 is 0 Å². The summed E-state index contributed by atoms with van der Waals surface area (Å²) in [5.74, 6) is 0.303. The number of carbonyl (C=O) groups excluding carboxylic acids is 1. The Morgan fingerprint density at radius 2 is 2.40 bits per heavy atom. The van der Waals surface area contributed by atoms with Crippen molar-refractivity contribution in [2.75, 3.05) is 12.3 Å². The minimum absolute atomic E-state index is 0.0720. The van der Waals surface area contributed by atoms with E-state index in [0.717, 1.165) is 6.54 Å². The van der Waals surface area contributed by atoms with Gasteiger partial charge in [-0.3, -0.25) is 4.79 Å². The second-order valence-corrected chi connectivity index (χ2v) is 4.46. The van der Waals surface area contributed by atoms with Crippen LogP contribution in [0.25, 0.3) is 0 Å². The number of pyridine rings is 1. The van der Waals surface area contributed by atoms with Crippen LogP contribution in [0.2, 0.25) is 0 Å². The van der Waals surface area contributed by atoms with Crippen LogP contribution in [0.3, 0.4) is 0 Å². The molecule has 3 N–H and O–H groups in total. The molecule has 15 heavy (non-hydrogen) atoms.